The van der Waals surface area contributed by atoms with Crippen molar-refractivity contribution in [2.45, 2.75) is 26.5 Å². The van der Waals surface area contributed by atoms with Gasteiger partial charge in [-0.05, 0) is 49.7 Å². The van der Waals surface area contributed by atoms with E-state index in [9.17, 15) is 0 Å². The van der Waals surface area contributed by atoms with E-state index in [0.717, 1.165) is 49.0 Å². The van der Waals surface area contributed by atoms with Crippen LogP contribution in [-0.2, 0) is 17.9 Å². The van der Waals surface area contributed by atoms with Gasteiger partial charge in [0.25, 0.3) is 0 Å². The highest BCUT2D eigenvalue weighted by molar-refractivity contribution is 5.26. The lowest BCUT2D eigenvalue weighted by molar-refractivity contribution is 0.118. The number of aryl methyl sites for hydroxylation is 1. The van der Waals surface area contributed by atoms with Crippen molar-refractivity contribution < 1.29 is 13.9 Å². The predicted octanol–water partition coefficient (Wildman–Crippen LogP) is 3.29. The zero-order valence-electron chi connectivity index (χ0n) is 12.7. The van der Waals surface area contributed by atoms with Crippen molar-refractivity contribution in [3.63, 3.8) is 0 Å². The fourth-order valence-corrected chi connectivity index (χ4v) is 2.00. The summed E-state index contributed by atoms with van der Waals surface area (Å²) in [4.78, 5) is 0. The van der Waals surface area contributed by atoms with Crippen LogP contribution < -0.4 is 10.1 Å². The number of rotatable bonds is 9. The number of methoxy groups -OCH3 is 1. The lowest BCUT2D eigenvalue weighted by atomic mass is 10.2. The first-order valence-electron chi connectivity index (χ1n) is 7.24. The fraction of sp³-hybridized carbons (Fsp3) is 0.412. The average Bonchev–Trinajstić information content (AvgIpc) is 2.92. The van der Waals surface area contributed by atoms with Crippen LogP contribution in [-0.4, -0.2) is 20.3 Å². The molecule has 0 spiro atoms. The van der Waals surface area contributed by atoms with Crippen molar-refractivity contribution in [3.05, 3.63) is 53.5 Å². The second kappa shape index (κ2) is 8.49. The standard InChI is InChI=1S/C17H23NO3/c1-14-4-7-17(21-14)12-18-10-3-11-20-13-15-5-8-16(19-2)9-6-15/h4-9,18H,3,10-13H2,1-2H3. The van der Waals surface area contributed by atoms with Crippen LogP contribution in [0, 0.1) is 6.92 Å². The molecule has 2 aromatic rings. The Labute approximate surface area is 126 Å². The summed E-state index contributed by atoms with van der Waals surface area (Å²) in [6.07, 6.45) is 0.982. The minimum Gasteiger partial charge on any atom is -0.497 e. The first kappa shape index (κ1) is 15.6. The van der Waals surface area contributed by atoms with Crippen molar-refractivity contribution in [1.29, 1.82) is 0 Å². The first-order valence-corrected chi connectivity index (χ1v) is 7.24. The lowest BCUT2D eigenvalue weighted by Crippen LogP contribution is -2.16. The summed E-state index contributed by atoms with van der Waals surface area (Å²) >= 11 is 0. The number of ether oxygens (including phenoxy) is 2. The van der Waals surface area contributed by atoms with Gasteiger partial charge in [-0.2, -0.15) is 0 Å². The van der Waals surface area contributed by atoms with Gasteiger partial charge < -0.3 is 19.2 Å². The lowest BCUT2D eigenvalue weighted by Gasteiger charge is -2.06. The highest BCUT2D eigenvalue weighted by Gasteiger charge is 1.98. The number of benzene rings is 1. The Morgan fingerprint density at radius 2 is 1.90 bits per heavy atom. The molecule has 4 heteroatoms. The molecule has 114 valence electrons. The Morgan fingerprint density at radius 3 is 2.57 bits per heavy atom. The van der Waals surface area contributed by atoms with E-state index < -0.39 is 0 Å². The fourth-order valence-electron chi connectivity index (χ4n) is 2.00. The summed E-state index contributed by atoms with van der Waals surface area (Å²) in [5, 5.41) is 3.34. The van der Waals surface area contributed by atoms with Crippen LogP contribution in [0.2, 0.25) is 0 Å². The molecule has 0 bridgehead atoms. The molecule has 21 heavy (non-hydrogen) atoms. The first-order chi connectivity index (χ1) is 10.3. The molecule has 4 nitrogen and oxygen atoms in total. The van der Waals surface area contributed by atoms with Crippen LogP contribution in [0.15, 0.2) is 40.8 Å². The van der Waals surface area contributed by atoms with E-state index in [-0.39, 0.29) is 0 Å². The van der Waals surface area contributed by atoms with E-state index in [1.165, 1.54) is 0 Å². The molecule has 0 aliphatic rings. The van der Waals surface area contributed by atoms with Gasteiger partial charge in [-0.15, -0.1) is 0 Å². The number of hydrogen-bond acceptors (Lipinski definition) is 4. The highest BCUT2D eigenvalue weighted by atomic mass is 16.5. The van der Waals surface area contributed by atoms with Crippen LogP contribution in [0.25, 0.3) is 0 Å². The Bertz CT molecular complexity index is 519. The van der Waals surface area contributed by atoms with Crippen molar-refractivity contribution in [3.8, 4) is 5.75 Å². The van der Waals surface area contributed by atoms with Gasteiger partial charge in [0.2, 0.25) is 0 Å². The van der Waals surface area contributed by atoms with E-state index in [4.69, 9.17) is 13.9 Å². The maximum atomic E-state index is 5.65. The van der Waals surface area contributed by atoms with Crippen molar-refractivity contribution in [1.82, 2.24) is 5.32 Å². The smallest absolute Gasteiger partial charge is 0.118 e. The summed E-state index contributed by atoms with van der Waals surface area (Å²) < 4.78 is 16.2. The third kappa shape index (κ3) is 5.61. The monoisotopic (exact) mass is 289 g/mol. The van der Waals surface area contributed by atoms with E-state index in [1.54, 1.807) is 7.11 Å². The second-order valence-corrected chi connectivity index (χ2v) is 4.94. The molecule has 1 aromatic carbocycles. The number of furan rings is 1. The minimum absolute atomic E-state index is 0.640. The summed E-state index contributed by atoms with van der Waals surface area (Å²) in [5.41, 5.74) is 1.16. The molecule has 0 fully saturated rings. The van der Waals surface area contributed by atoms with Crippen LogP contribution in [0.3, 0.4) is 0 Å². The molecule has 1 N–H and O–H groups in total. The molecule has 0 amide bonds. The summed E-state index contributed by atoms with van der Waals surface area (Å²) in [6.45, 7) is 5.03. The zero-order valence-corrected chi connectivity index (χ0v) is 12.7. The van der Waals surface area contributed by atoms with Gasteiger partial charge in [-0.1, -0.05) is 12.1 Å². The van der Waals surface area contributed by atoms with Gasteiger partial charge in [0, 0.05) is 6.61 Å². The van der Waals surface area contributed by atoms with E-state index >= 15 is 0 Å². The molecule has 0 unspecified atom stereocenters. The molecule has 0 radical (unpaired) electrons. The molecule has 2 rings (SSSR count). The van der Waals surface area contributed by atoms with Crippen LogP contribution in [0.4, 0.5) is 0 Å². The normalized spacial score (nSPS) is 10.8. The average molecular weight is 289 g/mol. The SMILES string of the molecule is COc1ccc(COCCCNCc2ccc(C)o2)cc1. The summed E-state index contributed by atoms with van der Waals surface area (Å²) in [5.74, 6) is 2.80. The summed E-state index contributed by atoms with van der Waals surface area (Å²) in [6, 6.07) is 11.9. The molecule has 0 aliphatic heterocycles. The number of hydrogen-bond donors (Lipinski definition) is 1. The second-order valence-electron chi connectivity index (χ2n) is 4.94. The Morgan fingerprint density at radius 1 is 1.10 bits per heavy atom. The molecule has 1 aromatic heterocycles. The molecular formula is C17H23NO3. The molecule has 1 heterocycles. The molecule has 0 aliphatic carbocycles. The Hall–Kier alpha value is -1.78. The summed E-state index contributed by atoms with van der Waals surface area (Å²) in [7, 11) is 1.67. The highest BCUT2D eigenvalue weighted by Crippen LogP contribution is 2.11. The Balaban J connectivity index is 1.51. The van der Waals surface area contributed by atoms with Crippen LogP contribution >= 0.6 is 0 Å². The number of nitrogens with one attached hydrogen (secondary N) is 1. The van der Waals surface area contributed by atoms with E-state index in [2.05, 4.69) is 5.32 Å². The molecule has 0 saturated heterocycles. The predicted molar refractivity (Wildman–Crippen MR) is 82.4 cm³/mol. The zero-order chi connectivity index (χ0) is 14.9. The topological polar surface area (TPSA) is 43.6 Å². The third-order valence-corrected chi connectivity index (χ3v) is 3.17. The third-order valence-electron chi connectivity index (χ3n) is 3.17. The van der Waals surface area contributed by atoms with Crippen molar-refractivity contribution in [2.75, 3.05) is 20.3 Å². The largest absolute Gasteiger partial charge is 0.497 e. The van der Waals surface area contributed by atoms with Gasteiger partial charge in [-0.25, -0.2) is 0 Å². The molecule has 0 saturated carbocycles. The molecule has 0 atom stereocenters. The Kier molecular flexibility index (Phi) is 6.31. The maximum Gasteiger partial charge on any atom is 0.118 e. The molecular weight excluding hydrogens is 266 g/mol. The van der Waals surface area contributed by atoms with Crippen LogP contribution in [0.1, 0.15) is 23.5 Å². The van der Waals surface area contributed by atoms with Gasteiger partial charge in [-0.3, -0.25) is 0 Å². The van der Waals surface area contributed by atoms with Gasteiger partial charge in [0.15, 0.2) is 0 Å². The van der Waals surface area contributed by atoms with Gasteiger partial charge >= 0.3 is 0 Å². The van der Waals surface area contributed by atoms with E-state index in [0.29, 0.717) is 6.61 Å². The van der Waals surface area contributed by atoms with E-state index in [1.807, 2.05) is 43.3 Å². The van der Waals surface area contributed by atoms with Gasteiger partial charge in [0.05, 0.1) is 20.3 Å². The minimum atomic E-state index is 0.640. The van der Waals surface area contributed by atoms with Crippen molar-refractivity contribution in [2.24, 2.45) is 0 Å². The maximum absolute atomic E-state index is 5.65. The van der Waals surface area contributed by atoms with Crippen LogP contribution in [0.5, 0.6) is 5.75 Å². The quantitative estimate of drug-likeness (QED) is 0.719. The van der Waals surface area contributed by atoms with Crippen molar-refractivity contribution >= 4 is 0 Å². The van der Waals surface area contributed by atoms with Gasteiger partial charge in [0.1, 0.15) is 17.3 Å².